The van der Waals surface area contributed by atoms with Gasteiger partial charge in [0.05, 0.1) is 11.6 Å². The highest BCUT2D eigenvalue weighted by atomic mass is 19.4. The van der Waals surface area contributed by atoms with Crippen molar-refractivity contribution < 1.29 is 22.8 Å². The summed E-state index contributed by atoms with van der Waals surface area (Å²) < 4.78 is 42.7. The van der Waals surface area contributed by atoms with Crippen molar-refractivity contribution in [1.82, 2.24) is 10.1 Å². The second-order valence-corrected chi connectivity index (χ2v) is 3.97. The highest BCUT2D eigenvalue weighted by Crippen LogP contribution is 2.37. The maximum Gasteiger partial charge on any atom is 0.419 e. The third-order valence-corrected chi connectivity index (χ3v) is 2.39. The quantitative estimate of drug-likeness (QED) is 0.878. The molecule has 0 radical (unpaired) electrons. The van der Waals surface area contributed by atoms with Crippen molar-refractivity contribution in [2.24, 2.45) is 5.73 Å². The van der Waals surface area contributed by atoms with Gasteiger partial charge in [0, 0.05) is 5.56 Å². The smallest absolute Gasteiger partial charge is 0.419 e. The number of hydrogen-bond acceptors (Lipinski definition) is 5. The number of phenolic OH excluding ortho intramolecular Hbond substituents is 1. The van der Waals surface area contributed by atoms with E-state index in [9.17, 15) is 18.3 Å². The molecule has 3 N–H and O–H groups in total. The molecule has 0 spiro atoms. The maximum absolute atomic E-state index is 12.6. The monoisotopic (exact) mass is 273 g/mol. The summed E-state index contributed by atoms with van der Waals surface area (Å²) in [6.45, 7) is 1.61. The van der Waals surface area contributed by atoms with E-state index in [-0.39, 0.29) is 17.3 Å². The van der Waals surface area contributed by atoms with Gasteiger partial charge in [-0.15, -0.1) is 0 Å². The summed E-state index contributed by atoms with van der Waals surface area (Å²) in [7, 11) is 0. The number of nitrogens with zero attached hydrogens (tertiary/aromatic N) is 2. The SMILES string of the molecule is CC(N)c1nc(-c2ccc(O)c(C(F)(F)F)c2)no1. The molecule has 0 aliphatic rings. The average Bonchev–Trinajstić information content (AvgIpc) is 2.77. The van der Waals surface area contributed by atoms with E-state index in [2.05, 4.69) is 10.1 Å². The summed E-state index contributed by atoms with van der Waals surface area (Å²) in [6.07, 6.45) is -4.66. The van der Waals surface area contributed by atoms with Gasteiger partial charge in [0.2, 0.25) is 11.7 Å². The zero-order chi connectivity index (χ0) is 14.2. The summed E-state index contributed by atoms with van der Waals surface area (Å²) >= 11 is 0. The summed E-state index contributed by atoms with van der Waals surface area (Å²) in [4.78, 5) is 3.88. The molecule has 0 saturated carbocycles. The van der Waals surface area contributed by atoms with E-state index in [0.29, 0.717) is 0 Å². The van der Waals surface area contributed by atoms with Crippen molar-refractivity contribution in [3.05, 3.63) is 29.7 Å². The first-order chi connectivity index (χ1) is 8.79. The molecule has 1 atom stereocenters. The van der Waals surface area contributed by atoms with Gasteiger partial charge in [0.15, 0.2) is 0 Å². The van der Waals surface area contributed by atoms with Gasteiger partial charge in [-0.25, -0.2) is 0 Å². The number of nitrogens with two attached hydrogens (primary N) is 1. The van der Waals surface area contributed by atoms with Crippen molar-refractivity contribution in [3.63, 3.8) is 0 Å². The van der Waals surface area contributed by atoms with Gasteiger partial charge < -0.3 is 15.4 Å². The molecule has 8 heteroatoms. The molecule has 102 valence electrons. The molecule has 2 rings (SSSR count). The Morgan fingerprint density at radius 1 is 1.37 bits per heavy atom. The second-order valence-electron chi connectivity index (χ2n) is 3.97. The molecular weight excluding hydrogens is 263 g/mol. The topological polar surface area (TPSA) is 85.2 Å². The zero-order valence-electron chi connectivity index (χ0n) is 9.77. The van der Waals surface area contributed by atoms with E-state index >= 15 is 0 Å². The van der Waals surface area contributed by atoms with Gasteiger partial charge >= 0.3 is 6.18 Å². The van der Waals surface area contributed by atoms with Crippen LogP contribution in [0.25, 0.3) is 11.4 Å². The number of phenols is 1. The van der Waals surface area contributed by atoms with Crippen molar-refractivity contribution in [3.8, 4) is 17.1 Å². The molecule has 0 aliphatic heterocycles. The fourth-order valence-electron chi connectivity index (χ4n) is 1.44. The normalized spacial score (nSPS) is 13.5. The Hall–Kier alpha value is -2.09. The number of halogens is 3. The second kappa shape index (κ2) is 4.54. The molecule has 2 aromatic rings. The van der Waals surface area contributed by atoms with Crippen molar-refractivity contribution in [1.29, 1.82) is 0 Å². The number of rotatable bonds is 2. The zero-order valence-corrected chi connectivity index (χ0v) is 9.77. The Labute approximate surface area is 105 Å². The standard InChI is InChI=1S/C11H10F3N3O2/c1-5(15)10-16-9(17-19-10)6-2-3-8(18)7(4-6)11(12,13)14/h2-5,18H,15H2,1H3. The number of aromatic nitrogens is 2. The first-order valence-electron chi connectivity index (χ1n) is 5.29. The molecular formula is C11H10F3N3O2. The number of benzene rings is 1. The summed E-state index contributed by atoms with van der Waals surface area (Å²) in [5, 5.41) is 12.8. The van der Waals surface area contributed by atoms with Crippen LogP contribution in [-0.4, -0.2) is 15.2 Å². The molecule has 1 unspecified atom stereocenters. The largest absolute Gasteiger partial charge is 0.507 e. The lowest BCUT2D eigenvalue weighted by Gasteiger charge is -2.09. The lowest BCUT2D eigenvalue weighted by molar-refractivity contribution is -0.138. The number of alkyl halides is 3. The summed E-state index contributed by atoms with van der Waals surface area (Å²) in [5.74, 6) is -0.749. The third-order valence-electron chi connectivity index (χ3n) is 2.39. The Kier molecular flexibility index (Phi) is 3.19. The van der Waals surface area contributed by atoms with E-state index in [1.807, 2.05) is 0 Å². The van der Waals surface area contributed by atoms with Crippen LogP contribution in [0.3, 0.4) is 0 Å². The van der Waals surface area contributed by atoms with Crippen LogP contribution >= 0.6 is 0 Å². The van der Waals surface area contributed by atoms with E-state index in [0.717, 1.165) is 12.1 Å². The molecule has 1 heterocycles. The van der Waals surface area contributed by atoms with Crippen LogP contribution in [0.4, 0.5) is 13.2 Å². The number of hydrogen-bond donors (Lipinski definition) is 2. The van der Waals surface area contributed by atoms with Crippen molar-refractivity contribution in [2.75, 3.05) is 0 Å². The predicted molar refractivity (Wildman–Crippen MR) is 59.0 cm³/mol. The first kappa shape index (κ1) is 13.3. The van der Waals surface area contributed by atoms with Crippen LogP contribution in [0, 0.1) is 0 Å². The van der Waals surface area contributed by atoms with Gasteiger partial charge in [-0.3, -0.25) is 0 Å². The van der Waals surface area contributed by atoms with Crippen LogP contribution in [0.2, 0.25) is 0 Å². The fourth-order valence-corrected chi connectivity index (χ4v) is 1.44. The van der Waals surface area contributed by atoms with E-state index < -0.39 is 23.5 Å². The fraction of sp³-hybridized carbons (Fsp3) is 0.273. The highest BCUT2D eigenvalue weighted by Gasteiger charge is 2.34. The summed E-state index contributed by atoms with van der Waals surface area (Å²) in [6, 6.07) is 2.44. The van der Waals surface area contributed by atoms with Crippen LogP contribution in [0.1, 0.15) is 24.4 Å². The lowest BCUT2D eigenvalue weighted by atomic mass is 10.1. The Morgan fingerprint density at radius 3 is 2.58 bits per heavy atom. The Morgan fingerprint density at radius 2 is 2.05 bits per heavy atom. The minimum Gasteiger partial charge on any atom is -0.507 e. The van der Waals surface area contributed by atoms with Gasteiger partial charge in [0.25, 0.3) is 0 Å². The van der Waals surface area contributed by atoms with E-state index in [1.54, 1.807) is 6.92 Å². The summed E-state index contributed by atoms with van der Waals surface area (Å²) in [5.41, 5.74) is 4.44. The average molecular weight is 273 g/mol. The minimum absolute atomic E-state index is 0.0159. The minimum atomic E-state index is -4.66. The van der Waals surface area contributed by atoms with Crippen molar-refractivity contribution >= 4 is 0 Å². The molecule has 0 aliphatic carbocycles. The van der Waals surface area contributed by atoms with Gasteiger partial charge in [-0.1, -0.05) is 5.16 Å². The molecule has 0 amide bonds. The molecule has 0 bridgehead atoms. The molecule has 0 fully saturated rings. The highest BCUT2D eigenvalue weighted by molar-refractivity contribution is 5.58. The maximum atomic E-state index is 12.6. The van der Waals surface area contributed by atoms with E-state index in [4.69, 9.17) is 10.3 Å². The molecule has 19 heavy (non-hydrogen) atoms. The Bertz CT molecular complexity index is 593. The van der Waals surface area contributed by atoms with Crippen LogP contribution < -0.4 is 5.73 Å². The lowest BCUT2D eigenvalue weighted by Crippen LogP contribution is -2.06. The van der Waals surface area contributed by atoms with Crippen LogP contribution in [0.15, 0.2) is 22.7 Å². The Balaban J connectivity index is 2.45. The van der Waals surface area contributed by atoms with Gasteiger partial charge in [-0.05, 0) is 25.1 Å². The molecule has 1 aromatic carbocycles. The van der Waals surface area contributed by atoms with E-state index in [1.165, 1.54) is 6.07 Å². The van der Waals surface area contributed by atoms with Crippen LogP contribution in [-0.2, 0) is 6.18 Å². The third kappa shape index (κ3) is 2.68. The molecule has 5 nitrogen and oxygen atoms in total. The van der Waals surface area contributed by atoms with Crippen molar-refractivity contribution in [2.45, 2.75) is 19.1 Å². The molecule has 1 aromatic heterocycles. The molecule has 0 saturated heterocycles. The van der Waals surface area contributed by atoms with Gasteiger partial charge in [-0.2, -0.15) is 18.2 Å². The van der Waals surface area contributed by atoms with Crippen LogP contribution in [0.5, 0.6) is 5.75 Å². The predicted octanol–water partition coefficient (Wildman–Crippen LogP) is 2.48. The number of aromatic hydroxyl groups is 1. The van der Waals surface area contributed by atoms with Gasteiger partial charge in [0.1, 0.15) is 5.75 Å². The first-order valence-corrected chi connectivity index (χ1v) is 5.29.